The van der Waals surface area contributed by atoms with E-state index in [0.29, 0.717) is 0 Å². The number of likely N-dealkylation sites (N-methyl/N-ethyl adjacent to an activating group) is 2. The van der Waals surface area contributed by atoms with Crippen LogP contribution in [0.3, 0.4) is 0 Å². The third kappa shape index (κ3) is 7.84. The van der Waals surface area contributed by atoms with Crippen LogP contribution in [0.15, 0.2) is 59.8 Å². The molecule has 0 fully saturated rings. The van der Waals surface area contributed by atoms with Crippen LogP contribution in [0.4, 0.5) is 0 Å². The highest BCUT2D eigenvalue weighted by Gasteiger charge is 2.05. The Morgan fingerprint density at radius 3 is 2.38 bits per heavy atom. The maximum atomic E-state index is 3.81. The zero-order chi connectivity index (χ0) is 15.7. The van der Waals surface area contributed by atoms with Crippen LogP contribution in [-0.2, 0) is 0 Å². The van der Waals surface area contributed by atoms with Gasteiger partial charge in [-0.1, -0.05) is 42.0 Å². The molecule has 0 aromatic heterocycles. The van der Waals surface area contributed by atoms with E-state index in [1.54, 1.807) is 0 Å². The quantitative estimate of drug-likeness (QED) is 0.626. The Morgan fingerprint density at radius 1 is 1.10 bits per heavy atom. The van der Waals surface area contributed by atoms with E-state index in [2.05, 4.69) is 74.9 Å². The first-order chi connectivity index (χ1) is 10.0. The molecule has 0 spiro atoms. The number of rotatable bonds is 8. The predicted octanol–water partition coefficient (Wildman–Crippen LogP) is 3.81. The molecule has 0 saturated carbocycles. The van der Waals surface area contributed by atoms with Gasteiger partial charge in [-0.3, -0.25) is 0 Å². The van der Waals surface area contributed by atoms with Gasteiger partial charge in [0.15, 0.2) is 0 Å². The molecule has 0 unspecified atom stereocenters. The average Bonchev–Trinajstić information content (AvgIpc) is 2.60. The minimum absolute atomic E-state index is 0.949. The summed E-state index contributed by atoms with van der Waals surface area (Å²) in [4.78, 5) is 4.44. The second-order valence-corrected chi connectivity index (χ2v) is 6.17. The lowest BCUT2D eigenvalue weighted by Crippen LogP contribution is -2.15. The number of nitrogens with zero attached hydrogens (tertiary/aromatic N) is 2. The van der Waals surface area contributed by atoms with Gasteiger partial charge in [-0.05, 0) is 58.6 Å². The second kappa shape index (κ2) is 9.54. The van der Waals surface area contributed by atoms with E-state index in [0.717, 1.165) is 32.4 Å². The Balaban J connectivity index is 2.68. The van der Waals surface area contributed by atoms with E-state index in [1.165, 1.54) is 16.7 Å². The fraction of sp³-hybridized carbons (Fsp3) is 0.474. The first-order valence-electron chi connectivity index (χ1n) is 7.65. The average molecular weight is 286 g/mol. The van der Waals surface area contributed by atoms with Crippen molar-refractivity contribution < 1.29 is 0 Å². The summed E-state index contributed by atoms with van der Waals surface area (Å²) < 4.78 is 0. The molecule has 21 heavy (non-hydrogen) atoms. The van der Waals surface area contributed by atoms with Crippen molar-refractivity contribution in [3.8, 4) is 0 Å². The third-order valence-corrected chi connectivity index (χ3v) is 3.29. The molecule has 1 aliphatic rings. The Kier molecular flexibility index (Phi) is 8.03. The molecule has 0 aromatic rings. The van der Waals surface area contributed by atoms with Crippen molar-refractivity contribution in [1.29, 1.82) is 0 Å². The van der Waals surface area contributed by atoms with Crippen LogP contribution in [0.5, 0.6) is 0 Å². The lowest BCUT2D eigenvalue weighted by Gasteiger charge is -2.14. The largest absolute Gasteiger partial charge is 0.305 e. The molecular weight excluding hydrogens is 256 g/mol. The number of hydrogen-bond donors (Lipinski definition) is 0. The van der Waals surface area contributed by atoms with Crippen LogP contribution in [0.25, 0.3) is 0 Å². The minimum atomic E-state index is 0.949. The summed E-state index contributed by atoms with van der Waals surface area (Å²) >= 11 is 0. The third-order valence-electron chi connectivity index (χ3n) is 3.29. The van der Waals surface area contributed by atoms with E-state index in [-0.39, 0.29) is 0 Å². The molecule has 0 aromatic carbocycles. The molecule has 1 rings (SSSR count). The van der Waals surface area contributed by atoms with Gasteiger partial charge in [0.05, 0.1) is 0 Å². The summed E-state index contributed by atoms with van der Waals surface area (Å²) in [6, 6.07) is 0. The van der Waals surface area contributed by atoms with Crippen molar-refractivity contribution in [1.82, 2.24) is 9.80 Å². The summed E-state index contributed by atoms with van der Waals surface area (Å²) in [5, 5.41) is 0. The van der Waals surface area contributed by atoms with Gasteiger partial charge in [0.1, 0.15) is 0 Å². The second-order valence-electron chi connectivity index (χ2n) is 6.17. The fourth-order valence-corrected chi connectivity index (χ4v) is 2.44. The SMILES string of the molecule is C=CC/C=C(/CC1=CCC=C(CN(C)C)C=C1)CN(C)C. The fourth-order valence-electron chi connectivity index (χ4n) is 2.44. The molecule has 0 N–H and O–H groups in total. The topological polar surface area (TPSA) is 6.48 Å². The number of allylic oxidation sites excluding steroid dienone is 6. The van der Waals surface area contributed by atoms with Gasteiger partial charge in [-0.15, -0.1) is 6.58 Å². The van der Waals surface area contributed by atoms with Gasteiger partial charge in [0, 0.05) is 13.1 Å². The van der Waals surface area contributed by atoms with Crippen LogP contribution < -0.4 is 0 Å². The van der Waals surface area contributed by atoms with Crippen molar-refractivity contribution in [3.05, 3.63) is 59.8 Å². The lowest BCUT2D eigenvalue weighted by atomic mass is 10.0. The monoisotopic (exact) mass is 286 g/mol. The van der Waals surface area contributed by atoms with Crippen LogP contribution >= 0.6 is 0 Å². The van der Waals surface area contributed by atoms with Crippen LogP contribution in [-0.4, -0.2) is 51.1 Å². The van der Waals surface area contributed by atoms with Gasteiger partial charge in [-0.2, -0.15) is 0 Å². The Labute approximate surface area is 130 Å². The zero-order valence-electron chi connectivity index (χ0n) is 14.1. The molecule has 0 bridgehead atoms. The van der Waals surface area contributed by atoms with Crippen LogP contribution in [0.1, 0.15) is 19.3 Å². The standard InChI is InChI=1S/C19H30N2/c1-6-7-9-19(16-21(4)5)14-17-10-8-11-18(13-12-17)15-20(2)3/h6,9-13H,1,7-8,14-16H2,2-5H3/b19-9-. The molecular formula is C19H30N2. The lowest BCUT2D eigenvalue weighted by molar-refractivity contribution is 0.441. The van der Waals surface area contributed by atoms with Crippen LogP contribution in [0, 0.1) is 0 Å². The summed E-state index contributed by atoms with van der Waals surface area (Å²) in [6.07, 6.45) is 16.5. The molecule has 2 nitrogen and oxygen atoms in total. The van der Waals surface area contributed by atoms with E-state index in [1.807, 2.05) is 6.08 Å². The summed E-state index contributed by atoms with van der Waals surface area (Å²) in [5.41, 5.74) is 4.28. The highest BCUT2D eigenvalue weighted by molar-refractivity contribution is 5.35. The molecule has 116 valence electrons. The minimum Gasteiger partial charge on any atom is -0.305 e. The van der Waals surface area contributed by atoms with Gasteiger partial charge in [0.2, 0.25) is 0 Å². The zero-order valence-corrected chi connectivity index (χ0v) is 14.1. The Morgan fingerprint density at radius 2 is 1.76 bits per heavy atom. The van der Waals surface area contributed by atoms with Gasteiger partial charge < -0.3 is 9.80 Å². The van der Waals surface area contributed by atoms with Crippen molar-refractivity contribution in [3.63, 3.8) is 0 Å². The summed E-state index contributed by atoms with van der Waals surface area (Å²) in [6.45, 7) is 5.83. The van der Waals surface area contributed by atoms with Crippen molar-refractivity contribution >= 4 is 0 Å². The smallest absolute Gasteiger partial charge is 0.0224 e. The molecule has 0 atom stereocenters. The van der Waals surface area contributed by atoms with Crippen molar-refractivity contribution in [2.24, 2.45) is 0 Å². The predicted molar refractivity (Wildman–Crippen MR) is 94.5 cm³/mol. The molecule has 0 heterocycles. The maximum absolute atomic E-state index is 3.81. The Bertz CT molecular complexity index is 448. The molecule has 2 heteroatoms. The molecule has 0 radical (unpaired) electrons. The van der Waals surface area contributed by atoms with E-state index in [4.69, 9.17) is 0 Å². The van der Waals surface area contributed by atoms with Gasteiger partial charge in [0.25, 0.3) is 0 Å². The van der Waals surface area contributed by atoms with Gasteiger partial charge >= 0.3 is 0 Å². The number of hydrogen-bond acceptors (Lipinski definition) is 2. The molecule has 1 aliphatic carbocycles. The van der Waals surface area contributed by atoms with Crippen molar-refractivity contribution in [2.75, 3.05) is 41.3 Å². The highest BCUT2D eigenvalue weighted by atomic mass is 15.1. The van der Waals surface area contributed by atoms with Gasteiger partial charge in [-0.25, -0.2) is 0 Å². The summed E-state index contributed by atoms with van der Waals surface area (Å²) in [7, 11) is 8.47. The van der Waals surface area contributed by atoms with E-state index in [9.17, 15) is 0 Å². The first kappa shape index (κ1) is 17.7. The molecule has 0 amide bonds. The summed E-state index contributed by atoms with van der Waals surface area (Å²) in [5.74, 6) is 0. The highest BCUT2D eigenvalue weighted by Crippen LogP contribution is 2.19. The maximum Gasteiger partial charge on any atom is 0.0224 e. The normalized spacial score (nSPS) is 16.0. The Hall–Kier alpha value is -1.38. The van der Waals surface area contributed by atoms with Crippen molar-refractivity contribution in [2.45, 2.75) is 19.3 Å². The molecule has 0 saturated heterocycles. The van der Waals surface area contributed by atoms with Crippen LogP contribution in [0.2, 0.25) is 0 Å². The molecule has 0 aliphatic heterocycles. The van der Waals surface area contributed by atoms with E-state index < -0.39 is 0 Å². The first-order valence-corrected chi connectivity index (χ1v) is 7.65. The van der Waals surface area contributed by atoms with E-state index >= 15 is 0 Å².